The molecule has 67 heavy (non-hydrogen) atoms. The van der Waals surface area contributed by atoms with Crippen LogP contribution in [0.2, 0.25) is 0 Å². The van der Waals surface area contributed by atoms with E-state index in [9.17, 15) is 47.9 Å². The SMILES string of the molecule is O=C(CCCC[C@@H]1SC[C@@H]2NC(=O)N[C@@H]21)Nc1ccc(NC(=S)NCC(=O)[15N]2[13CH2][13CH2][15N](C(=O)CNC(=O)N3CCN([13C](=O)[13CH2]N[13C](=O)[13CH2][15NH]C(=O)CCCN4C(=O)C=CC4=O)CC3)[13CH2][13CH2]2)cc1. The summed E-state index contributed by atoms with van der Waals surface area (Å²) in [5.41, 5.74) is 1.32. The van der Waals surface area contributed by atoms with Crippen molar-refractivity contribution >= 4 is 99.8 Å². The predicted molar refractivity (Wildman–Crippen MR) is 249 cm³/mol. The first-order valence-corrected chi connectivity index (χ1v) is 23.7. The van der Waals surface area contributed by atoms with Crippen molar-refractivity contribution in [2.75, 3.05) is 101 Å². The lowest BCUT2D eigenvalue weighted by Gasteiger charge is -2.36. The monoisotopic (exact) mass is 978 g/mol. The van der Waals surface area contributed by atoms with Gasteiger partial charge in [0.15, 0.2) is 5.11 Å². The minimum Gasteiger partial charge on any atom is -0.353 e. The van der Waals surface area contributed by atoms with Gasteiger partial charge in [0.05, 0.1) is 38.3 Å². The van der Waals surface area contributed by atoms with E-state index in [0.717, 1.165) is 42.1 Å². The molecular weight excluding hydrogens is 922 g/mol. The molecule has 5 aliphatic heterocycles. The second-order valence-corrected chi connectivity index (χ2v) is 18.1. The molecule has 4 saturated heterocycles. The van der Waals surface area contributed by atoms with E-state index in [1.54, 1.807) is 34.1 Å². The summed E-state index contributed by atoms with van der Waals surface area (Å²) in [7, 11) is 0. The highest BCUT2D eigenvalue weighted by Gasteiger charge is 2.42. The topological polar surface area (TPSA) is 283 Å². The molecule has 25 heteroatoms. The molecule has 0 unspecified atom stereocenters. The van der Waals surface area contributed by atoms with E-state index in [0.29, 0.717) is 36.1 Å². The molecule has 1 aromatic rings. The summed E-state index contributed by atoms with van der Waals surface area (Å²) in [6.45, 7) is 1.20. The van der Waals surface area contributed by atoms with Crippen LogP contribution in [0, 0.1) is 0 Å². The lowest BCUT2D eigenvalue weighted by Crippen LogP contribution is -2.57. The Labute approximate surface area is 396 Å². The smallest absolute Gasteiger partial charge is 0.317 e. The van der Waals surface area contributed by atoms with Gasteiger partial charge in [-0.05, 0) is 55.7 Å². The fourth-order valence-corrected chi connectivity index (χ4v) is 9.72. The Hall–Kier alpha value is -6.50. The summed E-state index contributed by atoms with van der Waals surface area (Å²) in [5, 5.41) is 22.9. The van der Waals surface area contributed by atoms with Gasteiger partial charge in [-0.3, -0.25) is 43.3 Å². The summed E-state index contributed by atoms with van der Waals surface area (Å²) in [6, 6.07) is 6.85. The van der Waals surface area contributed by atoms with Gasteiger partial charge in [0, 0.05) is 106 Å². The van der Waals surface area contributed by atoms with Gasteiger partial charge in [0.1, 0.15) is 0 Å². The Morgan fingerprint density at radius 3 is 1.73 bits per heavy atom. The van der Waals surface area contributed by atoms with Gasteiger partial charge in [-0.1, -0.05) is 6.42 Å². The maximum absolute atomic E-state index is 12.9. The number of piperazine rings is 2. The fraction of sp³-hybridized carbons (Fsp3) is 0.548. The molecule has 0 saturated carbocycles. The highest BCUT2D eigenvalue weighted by atomic mass is 32.2. The van der Waals surface area contributed by atoms with E-state index in [4.69, 9.17) is 12.2 Å². The number of unbranched alkanes of at least 4 members (excludes halogenated alkanes) is 1. The normalized spacial score (nSPS) is 19.9. The molecule has 0 bridgehead atoms. The number of thiocarbonyl (C=S) groups is 1. The van der Waals surface area contributed by atoms with Crippen LogP contribution in [0.3, 0.4) is 0 Å². The number of urea groups is 2. The Kier molecular flexibility index (Phi) is 18.1. The Bertz CT molecular complexity index is 2080. The number of anilines is 2. The average Bonchev–Trinajstić information content (AvgIpc) is 4.00. The molecule has 3 atom stereocenters. The van der Waals surface area contributed by atoms with Gasteiger partial charge in [-0.15, -0.1) is 0 Å². The van der Waals surface area contributed by atoms with Crippen LogP contribution in [0.5, 0.6) is 0 Å². The number of imide groups is 1. The van der Waals surface area contributed by atoms with Crippen molar-refractivity contribution in [3.63, 3.8) is 0 Å². The summed E-state index contributed by atoms with van der Waals surface area (Å²) in [5.74, 6) is -1.90. The van der Waals surface area contributed by atoms with Crippen LogP contribution < -0.4 is 42.5 Å². The van der Waals surface area contributed by atoms with Crippen LogP contribution in [0.4, 0.5) is 21.0 Å². The number of benzene rings is 1. The van der Waals surface area contributed by atoms with E-state index in [1.165, 1.54) is 9.80 Å². The van der Waals surface area contributed by atoms with Crippen molar-refractivity contribution in [1.82, 2.24) is 56.4 Å². The molecule has 0 radical (unpaired) electrons. The van der Waals surface area contributed by atoms with Crippen LogP contribution in [0.1, 0.15) is 38.5 Å². The molecule has 23 nitrogen and oxygen atoms in total. The minimum absolute atomic E-state index is 0.000500. The number of thioether (sulfide) groups is 1. The third kappa shape index (κ3) is 15.0. The first-order chi connectivity index (χ1) is 32.2. The maximum Gasteiger partial charge on any atom is 0.317 e. The molecule has 12 amide bonds. The van der Waals surface area contributed by atoms with Crippen LogP contribution in [0.25, 0.3) is 0 Å². The van der Waals surface area contributed by atoms with E-state index in [1.807, 2.05) is 11.8 Å². The standard InChI is InChI=1S/C42H57N13O10S2/c56-31(6-3-13-55-34(59)11-12-35(55)60)43-22-33(58)44-23-36(61)53-18-20-54(21-19-53)42(65)46-25-38(63)52-16-14-51(15-17-52)37(62)24-45-41(66)48-28-9-7-27(8-10-28)47-32(57)5-2-1-4-30-39-29(26-67-30)49-40(64)50-39/h7-12,29-30,39H,1-6,13-26H2,(H,43,56)(H,44,58)(H,46,65)(H,47,57)(H2,45,48,66)(H2,49,50,64)/t29-,30-,39-/m0/s1/i14+1,15+1,16+1,17+1,22+1,23+1,33+1,36+1,43+1,51+1,52+1. The summed E-state index contributed by atoms with van der Waals surface area (Å²) in [4.78, 5) is 130. The first-order valence-electron chi connectivity index (χ1n) is 22.3. The number of carbonyl (C=O) groups is 10. The molecular formula is C42H57N13O10S2. The number of nitrogens with zero attached hydrogens (tertiary/aromatic N) is 5. The number of nitrogens with one attached hydrogen (secondary N) is 8. The summed E-state index contributed by atoms with van der Waals surface area (Å²) >= 11 is 7.24. The number of carbonyl (C=O) groups excluding carboxylic acids is 10. The highest BCUT2D eigenvalue weighted by molar-refractivity contribution is 8.00. The zero-order chi connectivity index (χ0) is 47.9. The third-order valence-electron chi connectivity index (χ3n) is 11.8. The van der Waals surface area contributed by atoms with E-state index in [2.05, 4.69) is 42.5 Å². The number of fused-ring (bicyclic) bond motifs is 1. The lowest BCUT2D eigenvalue weighted by atomic mass is 10.0. The maximum atomic E-state index is 12.9. The zero-order valence-corrected chi connectivity index (χ0v) is 38.6. The van der Waals surface area contributed by atoms with Crippen molar-refractivity contribution in [1.29, 1.82) is 0 Å². The second-order valence-electron chi connectivity index (χ2n) is 16.4. The molecule has 1 aromatic carbocycles. The van der Waals surface area contributed by atoms with Crippen molar-refractivity contribution in [2.24, 2.45) is 0 Å². The van der Waals surface area contributed by atoms with E-state index >= 15 is 0 Å². The predicted octanol–water partition coefficient (Wildman–Crippen LogP) is -1.90. The minimum atomic E-state index is -0.571. The first kappa shape index (κ1) is 49.9. The summed E-state index contributed by atoms with van der Waals surface area (Å²) < 4.78 is 0. The van der Waals surface area contributed by atoms with Crippen molar-refractivity contribution in [2.45, 2.75) is 55.9 Å². The molecule has 0 spiro atoms. The number of amides is 12. The third-order valence-corrected chi connectivity index (χ3v) is 13.5. The van der Waals surface area contributed by atoms with Crippen molar-refractivity contribution < 1.29 is 47.9 Å². The largest absolute Gasteiger partial charge is 0.353 e. The summed E-state index contributed by atoms with van der Waals surface area (Å²) in [6.07, 6.45) is 5.55. The van der Waals surface area contributed by atoms with Crippen LogP contribution >= 0.6 is 24.0 Å². The fourth-order valence-electron chi connectivity index (χ4n) is 7.98. The molecule has 0 aliphatic carbocycles. The van der Waals surface area contributed by atoms with Gasteiger partial charge in [-0.2, -0.15) is 11.8 Å². The quantitative estimate of drug-likeness (QED) is 0.0188. The molecule has 0 aromatic heterocycles. The number of hydrogen-bond acceptors (Lipinski definition) is 12. The number of hydrogen-bond donors (Lipinski definition) is 8. The lowest BCUT2D eigenvalue weighted by molar-refractivity contribution is -0.138. The van der Waals surface area contributed by atoms with Crippen LogP contribution in [-0.4, -0.2) is 197 Å². The Morgan fingerprint density at radius 2 is 1.12 bits per heavy atom. The van der Waals surface area contributed by atoms with E-state index in [-0.39, 0.29) is 132 Å². The molecule has 4 fully saturated rings. The van der Waals surface area contributed by atoms with Gasteiger partial charge in [0.2, 0.25) is 35.4 Å². The van der Waals surface area contributed by atoms with Gasteiger partial charge in [0.25, 0.3) is 11.8 Å². The van der Waals surface area contributed by atoms with Gasteiger partial charge < -0.3 is 62.1 Å². The van der Waals surface area contributed by atoms with Gasteiger partial charge in [-0.25, -0.2) is 9.59 Å². The molecule has 362 valence electrons. The van der Waals surface area contributed by atoms with Crippen molar-refractivity contribution in [3.8, 4) is 0 Å². The Morgan fingerprint density at radius 1 is 0.597 bits per heavy atom. The molecule has 8 N–H and O–H groups in total. The average molecular weight is 979 g/mol. The van der Waals surface area contributed by atoms with Crippen molar-refractivity contribution in [3.05, 3.63) is 36.4 Å². The molecule has 6 rings (SSSR count). The van der Waals surface area contributed by atoms with Crippen LogP contribution in [0.15, 0.2) is 36.4 Å². The van der Waals surface area contributed by atoms with Gasteiger partial charge >= 0.3 is 12.1 Å². The zero-order valence-electron chi connectivity index (χ0n) is 37.0. The van der Waals surface area contributed by atoms with Crippen LogP contribution in [-0.2, 0) is 38.4 Å². The Balaban J connectivity index is 0.763. The molecule has 5 aliphatic rings. The second kappa shape index (κ2) is 24.3. The number of rotatable bonds is 19. The van der Waals surface area contributed by atoms with E-state index < -0.39 is 29.7 Å². The highest BCUT2D eigenvalue weighted by Crippen LogP contribution is 2.33. The molecule has 5 heterocycles.